The van der Waals surface area contributed by atoms with E-state index in [0.29, 0.717) is 5.95 Å². The molecule has 0 amide bonds. The Labute approximate surface area is 127 Å². The number of hydrogen-bond acceptors (Lipinski definition) is 6. The minimum absolute atomic E-state index is 0.679. The largest absolute Gasteiger partial charge is 0.469 e. The van der Waals surface area contributed by atoms with Crippen LogP contribution in [-0.2, 0) is 6.54 Å². The summed E-state index contributed by atoms with van der Waals surface area (Å²) >= 11 is 1.63. The van der Waals surface area contributed by atoms with Crippen molar-refractivity contribution in [1.29, 1.82) is 0 Å². The number of hydrogen-bond donors (Lipinski definition) is 1. The van der Waals surface area contributed by atoms with Gasteiger partial charge in [-0.3, -0.25) is 0 Å². The fraction of sp³-hybridized carbons (Fsp3) is 0.333. The van der Waals surface area contributed by atoms with Gasteiger partial charge in [0, 0.05) is 25.7 Å². The molecule has 0 saturated heterocycles. The highest BCUT2D eigenvalue weighted by molar-refractivity contribution is 7.16. The van der Waals surface area contributed by atoms with Gasteiger partial charge in [-0.25, -0.2) is 4.98 Å². The molecule has 5 nitrogen and oxygen atoms in total. The van der Waals surface area contributed by atoms with E-state index >= 15 is 0 Å². The molecular formula is C15H18N4OS. The first-order valence-corrected chi connectivity index (χ1v) is 7.80. The Morgan fingerprint density at radius 1 is 1.33 bits per heavy atom. The van der Waals surface area contributed by atoms with Crippen molar-refractivity contribution in [2.75, 3.05) is 23.8 Å². The quantitative estimate of drug-likeness (QED) is 0.779. The number of nitrogens with one attached hydrogen (secondary N) is 1. The summed E-state index contributed by atoms with van der Waals surface area (Å²) in [4.78, 5) is 12.3. The van der Waals surface area contributed by atoms with Gasteiger partial charge in [-0.15, -0.1) is 11.3 Å². The van der Waals surface area contributed by atoms with Gasteiger partial charge >= 0.3 is 0 Å². The Balaban J connectivity index is 1.97. The zero-order valence-corrected chi connectivity index (χ0v) is 13.2. The van der Waals surface area contributed by atoms with Crippen LogP contribution < -0.4 is 10.2 Å². The predicted molar refractivity (Wildman–Crippen MR) is 87.1 cm³/mol. The number of fused-ring (bicyclic) bond motifs is 1. The number of rotatable bonds is 5. The van der Waals surface area contributed by atoms with E-state index in [1.807, 2.05) is 27.0 Å². The fourth-order valence-corrected chi connectivity index (χ4v) is 3.03. The maximum absolute atomic E-state index is 5.37. The summed E-state index contributed by atoms with van der Waals surface area (Å²) < 4.78 is 5.37. The lowest BCUT2D eigenvalue weighted by molar-refractivity contribution is 0.529. The molecule has 3 aromatic rings. The third-order valence-corrected chi connectivity index (χ3v) is 4.18. The molecule has 0 aliphatic rings. The minimum Gasteiger partial charge on any atom is -0.469 e. The lowest BCUT2D eigenvalue weighted by Crippen LogP contribution is -2.19. The second kappa shape index (κ2) is 5.73. The highest BCUT2D eigenvalue weighted by atomic mass is 32.1. The molecule has 110 valence electrons. The monoisotopic (exact) mass is 302 g/mol. The van der Waals surface area contributed by atoms with Gasteiger partial charge in [0.25, 0.3) is 0 Å². The maximum atomic E-state index is 5.37. The van der Waals surface area contributed by atoms with Crippen LogP contribution in [0.2, 0.25) is 0 Å². The molecular weight excluding hydrogens is 284 g/mol. The molecule has 21 heavy (non-hydrogen) atoms. The van der Waals surface area contributed by atoms with Crippen LogP contribution in [0.3, 0.4) is 0 Å². The first kappa shape index (κ1) is 13.9. The number of anilines is 2. The molecule has 6 heteroatoms. The van der Waals surface area contributed by atoms with Crippen molar-refractivity contribution in [2.45, 2.75) is 20.4 Å². The average molecular weight is 302 g/mol. The molecule has 0 spiro atoms. The van der Waals surface area contributed by atoms with Crippen LogP contribution in [0, 0.1) is 6.92 Å². The molecule has 0 aliphatic heterocycles. The van der Waals surface area contributed by atoms with Gasteiger partial charge in [0.2, 0.25) is 5.95 Å². The first-order valence-electron chi connectivity index (χ1n) is 6.92. The Hall–Kier alpha value is -2.08. The molecule has 3 heterocycles. The molecule has 0 radical (unpaired) electrons. The lowest BCUT2D eigenvalue weighted by atomic mass is 10.2. The lowest BCUT2D eigenvalue weighted by Gasteiger charge is -2.19. The predicted octanol–water partition coefficient (Wildman–Crippen LogP) is 3.66. The first-order chi connectivity index (χ1) is 10.2. The molecule has 0 saturated carbocycles. The standard InChI is InChI=1S/C15H18N4OS/c1-4-16-15-17-13(12-6-8-21-14(12)18-15)19(3)9-11-5-7-20-10(11)2/h5-8H,4,9H2,1-3H3,(H,16,17,18). The van der Waals surface area contributed by atoms with Crippen molar-refractivity contribution in [3.8, 4) is 0 Å². The number of aryl methyl sites for hydroxylation is 1. The summed E-state index contributed by atoms with van der Waals surface area (Å²) in [5.41, 5.74) is 1.17. The third-order valence-electron chi connectivity index (χ3n) is 3.38. The SMILES string of the molecule is CCNc1nc(N(C)Cc2ccoc2C)c2ccsc2n1. The zero-order chi connectivity index (χ0) is 14.8. The number of furan rings is 1. The highest BCUT2D eigenvalue weighted by Gasteiger charge is 2.14. The van der Waals surface area contributed by atoms with Gasteiger partial charge in [-0.1, -0.05) is 0 Å². The van der Waals surface area contributed by atoms with Crippen LogP contribution in [0.15, 0.2) is 28.2 Å². The molecule has 0 bridgehead atoms. The molecule has 0 atom stereocenters. The van der Waals surface area contributed by atoms with Crippen molar-refractivity contribution >= 4 is 33.3 Å². The maximum Gasteiger partial charge on any atom is 0.226 e. The Morgan fingerprint density at radius 2 is 2.19 bits per heavy atom. The summed E-state index contributed by atoms with van der Waals surface area (Å²) in [5, 5.41) is 6.33. The molecule has 1 N–H and O–H groups in total. The zero-order valence-electron chi connectivity index (χ0n) is 12.4. The van der Waals surface area contributed by atoms with E-state index in [1.165, 1.54) is 5.56 Å². The van der Waals surface area contributed by atoms with Gasteiger partial charge in [0.15, 0.2) is 0 Å². The Kier molecular flexibility index (Phi) is 3.79. The van der Waals surface area contributed by atoms with Crippen LogP contribution in [0.25, 0.3) is 10.2 Å². The topological polar surface area (TPSA) is 54.2 Å². The van der Waals surface area contributed by atoms with Crippen LogP contribution in [-0.4, -0.2) is 23.6 Å². The number of nitrogens with zero attached hydrogens (tertiary/aromatic N) is 3. The summed E-state index contributed by atoms with van der Waals surface area (Å²) in [6.07, 6.45) is 1.72. The fourth-order valence-electron chi connectivity index (χ4n) is 2.27. The van der Waals surface area contributed by atoms with E-state index in [4.69, 9.17) is 4.42 Å². The van der Waals surface area contributed by atoms with Crippen molar-refractivity contribution < 1.29 is 4.42 Å². The molecule has 0 fully saturated rings. The molecule has 0 aromatic carbocycles. The third kappa shape index (κ3) is 2.71. The summed E-state index contributed by atoms with van der Waals surface area (Å²) in [6.45, 7) is 5.59. The van der Waals surface area contributed by atoms with E-state index in [1.54, 1.807) is 17.6 Å². The molecule has 0 aliphatic carbocycles. The molecule has 3 rings (SSSR count). The van der Waals surface area contributed by atoms with Crippen molar-refractivity contribution in [2.24, 2.45) is 0 Å². The second-order valence-electron chi connectivity index (χ2n) is 4.90. The van der Waals surface area contributed by atoms with Crippen LogP contribution in [0.1, 0.15) is 18.2 Å². The molecule has 3 aromatic heterocycles. The summed E-state index contributed by atoms with van der Waals surface area (Å²) in [5.74, 6) is 2.57. The van der Waals surface area contributed by atoms with E-state index in [2.05, 4.69) is 31.6 Å². The second-order valence-corrected chi connectivity index (χ2v) is 5.79. The minimum atomic E-state index is 0.679. The van der Waals surface area contributed by atoms with Crippen molar-refractivity contribution in [3.05, 3.63) is 35.1 Å². The van der Waals surface area contributed by atoms with E-state index in [0.717, 1.165) is 34.9 Å². The van der Waals surface area contributed by atoms with E-state index in [-0.39, 0.29) is 0 Å². The van der Waals surface area contributed by atoms with E-state index < -0.39 is 0 Å². The van der Waals surface area contributed by atoms with Crippen molar-refractivity contribution in [1.82, 2.24) is 9.97 Å². The van der Waals surface area contributed by atoms with Gasteiger partial charge in [-0.05, 0) is 31.4 Å². The van der Waals surface area contributed by atoms with E-state index in [9.17, 15) is 0 Å². The average Bonchev–Trinajstić information content (AvgIpc) is 3.08. The van der Waals surface area contributed by atoms with Gasteiger partial charge in [0.1, 0.15) is 16.4 Å². The normalized spacial score (nSPS) is 11.0. The van der Waals surface area contributed by atoms with Gasteiger partial charge in [-0.2, -0.15) is 4.98 Å². The number of thiophene rings is 1. The van der Waals surface area contributed by atoms with Crippen LogP contribution in [0.5, 0.6) is 0 Å². The highest BCUT2D eigenvalue weighted by Crippen LogP contribution is 2.29. The Morgan fingerprint density at radius 3 is 2.90 bits per heavy atom. The smallest absolute Gasteiger partial charge is 0.226 e. The van der Waals surface area contributed by atoms with Crippen molar-refractivity contribution in [3.63, 3.8) is 0 Å². The summed E-state index contributed by atoms with van der Waals surface area (Å²) in [6, 6.07) is 4.08. The summed E-state index contributed by atoms with van der Waals surface area (Å²) in [7, 11) is 2.04. The number of aromatic nitrogens is 2. The molecule has 0 unspecified atom stereocenters. The van der Waals surface area contributed by atoms with Gasteiger partial charge < -0.3 is 14.6 Å². The van der Waals surface area contributed by atoms with Crippen LogP contribution in [0.4, 0.5) is 11.8 Å². The van der Waals surface area contributed by atoms with Gasteiger partial charge in [0.05, 0.1) is 11.6 Å². The van der Waals surface area contributed by atoms with Crippen LogP contribution >= 0.6 is 11.3 Å². The Bertz CT molecular complexity index is 749.